The molecule has 18 heavy (non-hydrogen) atoms. The number of hydrogen-bond donors (Lipinski definition) is 1. The number of aromatic nitrogens is 2. The van der Waals surface area contributed by atoms with E-state index in [0.29, 0.717) is 11.8 Å². The molecule has 98 valence electrons. The van der Waals surface area contributed by atoms with E-state index in [2.05, 4.69) is 42.4 Å². The molecule has 0 fully saturated rings. The van der Waals surface area contributed by atoms with Crippen molar-refractivity contribution < 1.29 is 4.42 Å². The van der Waals surface area contributed by atoms with Crippen LogP contribution in [0.3, 0.4) is 0 Å². The van der Waals surface area contributed by atoms with E-state index < -0.39 is 0 Å². The maximum atomic E-state index is 5.72. The molecule has 2 aromatic rings. The Kier molecular flexibility index (Phi) is 4.14. The van der Waals surface area contributed by atoms with Gasteiger partial charge in [0.15, 0.2) is 0 Å². The quantitative estimate of drug-likeness (QED) is 0.899. The van der Waals surface area contributed by atoms with E-state index in [-0.39, 0.29) is 6.04 Å². The van der Waals surface area contributed by atoms with Gasteiger partial charge in [0.05, 0.1) is 10.9 Å². The fourth-order valence-electron chi connectivity index (χ4n) is 1.64. The molecule has 1 unspecified atom stereocenters. The van der Waals surface area contributed by atoms with Crippen molar-refractivity contribution in [1.82, 2.24) is 15.5 Å². The molecule has 4 nitrogen and oxygen atoms in total. The summed E-state index contributed by atoms with van der Waals surface area (Å²) in [6, 6.07) is 2.20. The van der Waals surface area contributed by atoms with Gasteiger partial charge in [-0.1, -0.05) is 6.92 Å². The molecule has 2 rings (SSSR count). The molecule has 0 amide bonds. The van der Waals surface area contributed by atoms with Gasteiger partial charge >= 0.3 is 0 Å². The predicted octanol–water partition coefficient (Wildman–Crippen LogP) is 3.48. The van der Waals surface area contributed by atoms with Gasteiger partial charge in [0.1, 0.15) is 0 Å². The van der Waals surface area contributed by atoms with Crippen LogP contribution < -0.4 is 5.32 Å². The first kappa shape index (κ1) is 13.2. The van der Waals surface area contributed by atoms with Gasteiger partial charge in [0, 0.05) is 4.88 Å². The summed E-state index contributed by atoms with van der Waals surface area (Å²) in [4.78, 5) is 2.34. The molecule has 2 heterocycles. The molecular weight excluding hydrogens is 246 g/mol. The van der Waals surface area contributed by atoms with Crippen molar-refractivity contribution in [1.29, 1.82) is 0 Å². The molecule has 1 atom stereocenters. The first-order valence-corrected chi connectivity index (χ1v) is 7.07. The van der Waals surface area contributed by atoms with Gasteiger partial charge in [-0.15, -0.1) is 21.5 Å². The monoisotopic (exact) mass is 265 g/mol. The fourth-order valence-corrected chi connectivity index (χ4v) is 2.59. The first-order chi connectivity index (χ1) is 8.61. The van der Waals surface area contributed by atoms with Crippen LogP contribution in [0.25, 0.3) is 10.8 Å². The summed E-state index contributed by atoms with van der Waals surface area (Å²) < 4.78 is 5.72. The average molecular weight is 265 g/mol. The van der Waals surface area contributed by atoms with E-state index in [4.69, 9.17) is 4.42 Å². The standard InChI is InChI=1S/C13H19N3OS/c1-5-6-14-9(3)12-15-16-13(17-12)11-7-8(2)10(4)18-11/h7,9,14H,5-6H2,1-4H3. The first-order valence-electron chi connectivity index (χ1n) is 6.26. The summed E-state index contributed by atoms with van der Waals surface area (Å²) in [6.07, 6.45) is 1.09. The fraction of sp³-hybridized carbons (Fsp3) is 0.538. The lowest BCUT2D eigenvalue weighted by atomic mass is 10.3. The van der Waals surface area contributed by atoms with Gasteiger partial charge in [-0.05, 0) is 45.4 Å². The van der Waals surface area contributed by atoms with Crippen LogP contribution in [0, 0.1) is 13.8 Å². The average Bonchev–Trinajstić information content (AvgIpc) is 2.94. The molecule has 0 saturated carbocycles. The van der Waals surface area contributed by atoms with Crippen LogP contribution in [0.1, 0.15) is 42.6 Å². The van der Waals surface area contributed by atoms with E-state index in [0.717, 1.165) is 17.8 Å². The zero-order valence-corrected chi connectivity index (χ0v) is 12.1. The summed E-state index contributed by atoms with van der Waals surface area (Å²) in [5, 5.41) is 11.6. The van der Waals surface area contributed by atoms with Crippen LogP contribution >= 0.6 is 11.3 Å². The van der Waals surface area contributed by atoms with Gasteiger partial charge in [-0.2, -0.15) is 0 Å². The molecule has 0 bridgehead atoms. The summed E-state index contributed by atoms with van der Waals surface area (Å²) in [5.74, 6) is 1.28. The number of hydrogen-bond acceptors (Lipinski definition) is 5. The molecule has 2 aromatic heterocycles. The number of thiophene rings is 1. The zero-order valence-electron chi connectivity index (χ0n) is 11.3. The summed E-state index contributed by atoms with van der Waals surface area (Å²) in [5.41, 5.74) is 1.27. The smallest absolute Gasteiger partial charge is 0.257 e. The Balaban J connectivity index is 2.14. The van der Waals surface area contributed by atoms with Gasteiger partial charge in [0.2, 0.25) is 5.89 Å². The van der Waals surface area contributed by atoms with Gasteiger partial charge in [0.25, 0.3) is 5.89 Å². The van der Waals surface area contributed by atoms with Crippen LogP contribution in [0.5, 0.6) is 0 Å². The molecule has 0 saturated heterocycles. The van der Waals surface area contributed by atoms with Crippen molar-refractivity contribution in [2.45, 2.75) is 40.2 Å². The van der Waals surface area contributed by atoms with Crippen LogP contribution in [0.2, 0.25) is 0 Å². The van der Waals surface area contributed by atoms with Crippen molar-refractivity contribution >= 4 is 11.3 Å². The van der Waals surface area contributed by atoms with Crippen molar-refractivity contribution in [3.8, 4) is 10.8 Å². The third-order valence-electron chi connectivity index (χ3n) is 2.89. The topological polar surface area (TPSA) is 51.0 Å². The second-order valence-corrected chi connectivity index (χ2v) is 5.73. The maximum absolute atomic E-state index is 5.72. The third-order valence-corrected chi connectivity index (χ3v) is 4.03. The highest BCUT2D eigenvalue weighted by atomic mass is 32.1. The van der Waals surface area contributed by atoms with Crippen molar-refractivity contribution in [2.75, 3.05) is 6.54 Å². The van der Waals surface area contributed by atoms with E-state index >= 15 is 0 Å². The predicted molar refractivity (Wildman–Crippen MR) is 73.8 cm³/mol. The van der Waals surface area contributed by atoms with E-state index in [9.17, 15) is 0 Å². The second-order valence-electron chi connectivity index (χ2n) is 4.47. The molecule has 5 heteroatoms. The minimum atomic E-state index is 0.105. The van der Waals surface area contributed by atoms with Crippen LogP contribution in [0.15, 0.2) is 10.5 Å². The molecule has 0 spiro atoms. The highest BCUT2D eigenvalue weighted by Crippen LogP contribution is 2.30. The maximum Gasteiger partial charge on any atom is 0.257 e. The Morgan fingerprint density at radius 1 is 1.39 bits per heavy atom. The Hall–Kier alpha value is -1.20. The Morgan fingerprint density at radius 2 is 2.17 bits per heavy atom. The molecule has 0 radical (unpaired) electrons. The molecule has 0 aliphatic rings. The molecular formula is C13H19N3OS. The lowest BCUT2D eigenvalue weighted by molar-refractivity contribution is 0.423. The number of aryl methyl sites for hydroxylation is 2. The molecule has 1 N–H and O–H groups in total. The molecule has 0 aliphatic carbocycles. The highest BCUT2D eigenvalue weighted by molar-refractivity contribution is 7.15. The number of rotatable bonds is 5. The Labute approximate surface area is 111 Å². The van der Waals surface area contributed by atoms with E-state index in [1.54, 1.807) is 11.3 Å². The normalized spacial score (nSPS) is 12.9. The molecule has 0 aromatic carbocycles. The third kappa shape index (κ3) is 2.79. The van der Waals surface area contributed by atoms with Gasteiger partial charge in [-0.25, -0.2) is 0 Å². The minimum Gasteiger partial charge on any atom is -0.418 e. The van der Waals surface area contributed by atoms with Gasteiger partial charge < -0.3 is 9.73 Å². The summed E-state index contributed by atoms with van der Waals surface area (Å²) in [6.45, 7) is 9.33. The number of nitrogens with zero attached hydrogens (tertiary/aromatic N) is 2. The highest BCUT2D eigenvalue weighted by Gasteiger charge is 2.15. The van der Waals surface area contributed by atoms with Gasteiger partial charge in [-0.3, -0.25) is 0 Å². The van der Waals surface area contributed by atoms with Crippen molar-refractivity contribution in [2.24, 2.45) is 0 Å². The van der Waals surface area contributed by atoms with Crippen LogP contribution in [-0.2, 0) is 0 Å². The zero-order chi connectivity index (χ0) is 13.1. The molecule has 0 aliphatic heterocycles. The Morgan fingerprint density at radius 3 is 2.78 bits per heavy atom. The second kappa shape index (κ2) is 5.63. The van der Waals surface area contributed by atoms with E-state index in [1.165, 1.54) is 10.4 Å². The largest absolute Gasteiger partial charge is 0.418 e. The summed E-state index contributed by atoms with van der Waals surface area (Å²) >= 11 is 1.69. The minimum absolute atomic E-state index is 0.105. The number of nitrogens with one attached hydrogen (secondary N) is 1. The van der Waals surface area contributed by atoms with Crippen LogP contribution in [0.4, 0.5) is 0 Å². The van der Waals surface area contributed by atoms with Crippen LogP contribution in [-0.4, -0.2) is 16.7 Å². The SMILES string of the molecule is CCCNC(C)c1nnc(-c2cc(C)c(C)s2)o1. The Bertz CT molecular complexity index is 499. The van der Waals surface area contributed by atoms with Crippen molar-refractivity contribution in [3.63, 3.8) is 0 Å². The van der Waals surface area contributed by atoms with E-state index in [1.807, 2.05) is 6.92 Å². The van der Waals surface area contributed by atoms with Crippen molar-refractivity contribution in [3.05, 3.63) is 22.4 Å². The summed E-state index contributed by atoms with van der Waals surface area (Å²) in [7, 11) is 0. The lowest BCUT2D eigenvalue weighted by Crippen LogP contribution is -2.19. The lowest BCUT2D eigenvalue weighted by Gasteiger charge is -2.07.